The second kappa shape index (κ2) is 11.4. The molecule has 0 aliphatic carbocycles. The van der Waals surface area contributed by atoms with E-state index < -0.39 is 18.1 Å². The molecule has 1 fully saturated rings. The van der Waals surface area contributed by atoms with Gasteiger partial charge in [0.15, 0.2) is 0 Å². The zero-order valence-corrected chi connectivity index (χ0v) is 16.7. The summed E-state index contributed by atoms with van der Waals surface area (Å²) in [6, 6.07) is 18.0. The Kier molecular flexibility index (Phi) is 8.92. The number of nitrogens with one attached hydrogen (secondary N) is 1. The van der Waals surface area contributed by atoms with Crippen molar-refractivity contribution in [1.82, 2.24) is 10.4 Å². The number of carbonyl (C=O) groups excluding carboxylic acids is 1. The molecule has 1 saturated heterocycles. The molecule has 2 aromatic carbocycles. The number of hydrogen-bond donors (Lipinski definition) is 2. The molecule has 156 valence electrons. The van der Waals surface area contributed by atoms with Crippen molar-refractivity contribution in [1.29, 1.82) is 0 Å². The highest BCUT2D eigenvalue weighted by Crippen LogP contribution is 2.18. The van der Waals surface area contributed by atoms with Gasteiger partial charge in [-0.15, -0.1) is 12.4 Å². The highest BCUT2D eigenvalue weighted by molar-refractivity contribution is 5.85. The van der Waals surface area contributed by atoms with E-state index in [0.717, 1.165) is 11.1 Å². The van der Waals surface area contributed by atoms with E-state index in [1.54, 1.807) is 0 Å². The van der Waals surface area contributed by atoms with E-state index in [0.29, 0.717) is 19.4 Å². The first-order valence-electron chi connectivity index (χ1n) is 9.26. The highest BCUT2D eigenvalue weighted by Gasteiger charge is 2.33. The monoisotopic (exact) mass is 420 g/mol. The number of piperidine rings is 1. The summed E-state index contributed by atoms with van der Waals surface area (Å²) in [7, 11) is 0. The number of carboxylic acids is 1. The average molecular weight is 421 g/mol. The molecule has 29 heavy (non-hydrogen) atoms. The molecule has 2 aromatic rings. The Morgan fingerprint density at radius 1 is 0.966 bits per heavy atom. The van der Waals surface area contributed by atoms with Gasteiger partial charge in [0.2, 0.25) is 0 Å². The zero-order chi connectivity index (χ0) is 19.8. The lowest BCUT2D eigenvalue weighted by Crippen LogP contribution is -2.53. The molecule has 1 heterocycles. The minimum Gasteiger partial charge on any atom is -0.480 e. The Bertz CT molecular complexity index is 767. The highest BCUT2D eigenvalue weighted by atomic mass is 35.5. The average Bonchev–Trinajstić information content (AvgIpc) is 2.74. The quantitative estimate of drug-likeness (QED) is 0.667. The van der Waals surface area contributed by atoms with E-state index in [-0.39, 0.29) is 31.7 Å². The third-order valence-corrected chi connectivity index (χ3v) is 4.62. The van der Waals surface area contributed by atoms with Gasteiger partial charge in [0.1, 0.15) is 19.3 Å². The summed E-state index contributed by atoms with van der Waals surface area (Å²) >= 11 is 0. The number of rotatable bonds is 7. The molecule has 0 unspecified atom stereocenters. The Morgan fingerprint density at radius 3 is 2.07 bits per heavy atom. The SMILES string of the molecule is Cl.O=C(O)[C@@H]1CC[C@@H](N(OCc2ccccc2)C(=O)OCc2ccccc2)CN1. The summed E-state index contributed by atoms with van der Waals surface area (Å²) in [6.45, 7) is 0.690. The maximum Gasteiger partial charge on any atom is 0.434 e. The lowest BCUT2D eigenvalue weighted by atomic mass is 10.0. The fourth-order valence-electron chi connectivity index (χ4n) is 3.06. The fourth-order valence-corrected chi connectivity index (χ4v) is 3.06. The number of hydrogen-bond acceptors (Lipinski definition) is 5. The summed E-state index contributed by atoms with van der Waals surface area (Å²) in [5, 5.41) is 13.3. The smallest absolute Gasteiger partial charge is 0.434 e. The first kappa shape index (κ1) is 22.7. The van der Waals surface area contributed by atoms with Crippen LogP contribution in [0.3, 0.4) is 0 Å². The van der Waals surface area contributed by atoms with Crippen molar-refractivity contribution in [3.63, 3.8) is 0 Å². The fraction of sp³-hybridized carbons (Fsp3) is 0.333. The van der Waals surface area contributed by atoms with Crippen molar-refractivity contribution in [3.05, 3.63) is 71.8 Å². The van der Waals surface area contributed by atoms with Crippen LogP contribution in [0.15, 0.2) is 60.7 Å². The predicted octanol–water partition coefficient (Wildman–Crippen LogP) is 3.38. The van der Waals surface area contributed by atoms with Gasteiger partial charge < -0.3 is 15.2 Å². The lowest BCUT2D eigenvalue weighted by molar-refractivity contribution is -0.177. The topological polar surface area (TPSA) is 88.1 Å². The first-order chi connectivity index (χ1) is 13.6. The Balaban J connectivity index is 0.00000300. The molecule has 0 saturated carbocycles. The summed E-state index contributed by atoms with van der Waals surface area (Å²) < 4.78 is 5.42. The maximum absolute atomic E-state index is 12.7. The Morgan fingerprint density at radius 2 is 1.55 bits per heavy atom. The van der Waals surface area contributed by atoms with Crippen molar-refractivity contribution >= 4 is 24.5 Å². The second-order valence-electron chi connectivity index (χ2n) is 6.66. The van der Waals surface area contributed by atoms with E-state index in [1.807, 2.05) is 60.7 Å². The summed E-state index contributed by atoms with van der Waals surface area (Å²) in [5.41, 5.74) is 1.81. The number of carbonyl (C=O) groups is 2. The van der Waals surface area contributed by atoms with Crippen molar-refractivity contribution in [3.8, 4) is 0 Å². The molecule has 0 bridgehead atoms. The van der Waals surface area contributed by atoms with Crippen LogP contribution < -0.4 is 5.32 Å². The van der Waals surface area contributed by atoms with Crippen molar-refractivity contribution in [2.75, 3.05) is 6.54 Å². The van der Waals surface area contributed by atoms with Crippen molar-refractivity contribution < 1.29 is 24.3 Å². The maximum atomic E-state index is 12.7. The molecular formula is C21H25ClN2O5. The molecule has 3 rings (SSSR count). The first-order valence-corrected chi connectivity index (χ1v) is 9.26. The van der Waals surface area contributed by atoms with Crippen LogP contribution >= 0.6 is 12.4 Å². The minimum atomic E-state index is -0.887. The van der Waals surface area contributed by atoms with E-state index in [4.69, 9.17) is 14.7 Å². The van der Waals surface area contributed by atoms with Crippen LogP contribution in [0.2, 0.25) is 0 Å². The molecule has 0 aromatic heterocycles. The summed E-state index contributed by atoms with van der Waals surface area (Å²) in [5.74, 6) is -0.887. The predicted molar refractivity (Wildman–Crippen MR) is 109 cm³/mol. The molecule has 0 radical (unpaired) electrons. The number of ether oxygens (including phenoxy) is 1. The number of nitrogens with zero attached hydrogens (tertiary/aromatic N) is 1. The van der Waals surface area contributed by atoms with E-state index in [9.17, 15) is 9.59 Å². The summed E-state index contributed by atoms with van der Waals surface area (Å²) in [4.78, 5) is 29.6. The van der Waals surface area contributed by atoms with Crippen LogP contribution in [-0.2, 0) is 27.6 Å². The number of aliphatic carboxylic acids is 1. The van der Waals surface area contributed by atoms with Crippen LogP contribution in [0.5, 0.6) is 0 Å². The van der Waals surface area contributed by atoms with Gasteiger partial charge in [-0.05, 0) is 24.0 Å². The van der Waals surface area contributed by atoms with Crippen molar-refractivity contribution in [2.45, 2.75) is 38.1 Å². The standard InChI is InChI=1S/C21H24N2O5.ClH/c24-20(25)19-12-11-18(13-22-19)23(28-15-17-9-5-2-6-10-17)21(26)27-14-16-7-3-1-4-8-16;/h1-10,18-19,22H,11-15H2,(H,24,25);1H/t18-,19+;/m1./s1. The van der Waals surface area contributed by atoms with Crippen molar-refractivity contribution in [2.24, 2.45) is 0 Å². The lowest BCUT2D eigenvalue weighted by Gasteiger charge is -2.34. The summed E-state index contributed by atoms with van der Waals surface area (Å²) in [6.07, 6.45) is 0.344. The van der Waals surface area contributed by atoms with Gasteiger partial charge in [0, 0.05) is 6.54 Å². The number of halogens is 1. The third kappa shape index (κ3) is 6.74. The van der Waals surface area contributed by atoms with Gasteiger partial charge >= 0.3 is 12.1 Å². The van der Waals surface area contributed by atoms with Gasteiger partial charge in [-0.2, -0.15) is 5.06 Å². The zero-order valence-electron chi connectivity index (χ0n) is 15.9. The molecule has 1 aliphatic rings. The molecule has 1 amide bonds. The molecule has 7 nitrogen and oxygen atoms in total. The number of benzene rings is 2. The number of amides is 1. The third-order valence-electron chi connectivity index (χ3n) is 4.62. The Labute approximate surface area is 176 Å². The van der Waals surface area contributed by atoms with Crippen LogP contribution in [0.1, 0.15) is 24.0 Å². The molecule has 8 heteroatoms. The largest absolute Gasteiger partial charge is 0.480 e. The molecular weight excluding hydrogens is 396 g/mol. The van der Waals surface area contributed by atoms with Gasteiger partial charge in [0.25, 0.3) is 0 Å². The molecule has 1 aliphatic heterocycles. The van der Waals surface area contributed by atoms with Gasteiger partial charge in [-0.3, -0.25) is 9.63 Å². The molecule has 2 N–H and O–H groups in total. The van der Waals surface area contributed by atoms with E-state index in [1.165, 1.54) is 5.06 Å². The van der Waals surface area contributed by atoms with Gasteiger partial charge in [-0.1, -0.05) is 60.7 Å². The van der Waals surface area contributed by atoms with Crippen LogP contribution in [0.4, 0.5) is 4.79 Å². The van der Waals surface area contributed by atoms with Crippen LogP contribution in [0, 0.1) is 0 Å². The van der Waals surface area contributed by atoms with Crippen LogP contribution in [0.25, 0.3) is 0 Å². The number of hydroxylamine groups is 2. The van der Waals surface area contributed by atoms with E-state index >= 15 is 0 Å². The molecule has 0 spiro atoms. The van der Waals surface area contributed by atoms with Crippen LogP contribution in [-0.4, -0.2) is 40.9 Å². The second-order valence-corrected chi connectivity index (χ2v) is 6.66. The normalized spacial score (nSPS) is 18.3. The van der Waals surface area contributed by atoms with Gasteiger partial charge in [-0.25, -0.2) is 4.79 Å². The molecule has 2 atom stereocenters. The minimum absolute atomic E-state index is 0. The van der Waals surface area contributed by atoms with E-state index in [2.05, 4.69) is 5.32 Å². The Hall–Kier alpha value is -2.61. The van der Waals surface area contributed by atoms with Gasteiger partial charge in [0.05, 0.1) is 6.04 Å². The number of carboxylic acid groups (broad SMARTS) is 1.